The van der Waals surface area contributed by atoms with Crippen LogP contribution in [0.25, 0.3) is 0 Å². The van der Waals surface area contributed by atoms with Gasteiger partial charge in [0.1, 0.15) is 5.75 Å². The number of ether oxygens (including phenoxy) is 1. The molecule has 0 radical (unpaired) electrons. The monoisotopic (exact) mass is 380 g/mol. The van der Waals surface area contributed by atoms with Crippen molar-refractivity contribution in [3.8, 4) is 5.75 Å². The summed E-state index contributed by atoms with van der Waals surface area (Å²) in [7, 11) is 1.60. The number of hydrogen-bond donors (Lipinski definition) is 2. The third-order valence-corrected chi connectivity index (χ3v) is 4.36. The first-order valence-electron chi connectivity index (χ1n) is 8.68. The molecule has 138 valence electrons. The van der Waals surface area contributed by atoms with E-state index in [0.717, 1.165) is 35.1 Å². The summed E-state index contributed by atoms with van der Waals surface area (Å²) in [6, 6.07) is 22.5. The number of hydrogen-bond acceptors (Lipinski definition) is 3. The third kappa shape index (κ3) is 5.50. The fraction of sp³-hybridized carbons (Fsp3) is 0.136. The predicted octanol–water partition coefficient (Wildman–Crippen LogP) is 5.26. The van der Waals surface area contributed by atoms with Crippen molar-refractivity contribution >= 4 is 28.9 Å². The molecule has 27 heavy (non-hydrogen) atoms. The highest BCUT2D eigenvalue weighted by Crippen LogP contribution is 2.17. The number of amides is 1. The summed E-state index contributed by atoms with van der Waals surface area (Å²) in [5, 5.41) is 7.01. The van der Waals surface area contributed by atoms with Gasteiger partial charge in [-0.2, -0.15) is 0 Å². The average molecular weight is 381 g/mol. The molecule has 0 aromatic heterocycles. The van der Waals surface area contributed by atoms with Crippen LogP contribution >= 0.6 is 11.6 Å². The second kappa shape index (κ2) is 9.10. The van der Waals surface area contributed by atoms with Crippen molar-refractivity contribution in [2.75, 3.05) is 24.3 Å². The van der Waals surface area contributed by atoms with Crippen molar-refractivity contribution in [2.24, 2.45) is 0 Å². The summed E-state index contributed by atoms with van der Waals surface area (Å²) in [5.41, 5.74) is 3.52. The Labute approximate surface area is 164 Å². The Morgan fingerprint density at radius 2 is 1.67 bits per heavy atom. The van der Waals surface area contributed by atoms with E-state index < -0.39 is 0 Å². The zero-order valence-electron chi connectivity index (χ0n) is 15.0. The summed E-state index contributed by atoms with van der Waals surface area (Å²) in [6.45, 7) is 0.803. The molecule has 3 rings (SSSR count). The summed E-state index contributed by atoms with van der Waals surface area (Å²) >= 11 is 6.00. The van der Waals surface area contributed by atoms with Gasteiger partial charge in [0.25, 0.3) is 5.91 Å². The van der Waals surface area contributed by atoms with Crippen molar-refractivity contribution in [2.45, 2.75) is 6.42 Å². The van der Waals surface area contributed by atoms with Crippen molar-refractivity contribution in [3.63, 3.8) is 0 Å². The first-order valence-corrected chi connectivity index (χ1v) is 9.05. The number of nitrogens with one attached hydrogen (secondary N) is 2. The van der Waals surface area contributed by atoms with Crippen LogP contribution in [0.5, 0.6) is 5.75 Å². The largest absolute Gasteiger partial charge is 0.497 e. The van der Waals surface area contributed by atoms with Crippen LogP contribution in [-0.2, 0) is 6.42 Å². The van der Waals surface area contributed by atoms with Crippen LogP contribution in [0, 0.1) is 0 Å². The molecule has 0 atom stereocenters. The number of carbonyl (C=O) groups excluding carboxylic acids is 1. The quantitative estimate of drug-likeness (QED) is 0.588. The van der Waals surface area contributed by atoms with E-state index in [9.17, 15) is 4.79 Å². The molecule has 0 aliphatic rings. The number of halogens is 1. The van der Waals surface area contributed by atoms with Gasteiger partial charge in [0.2, 0.25) is 0 Å². The number of methoxy groups -OCH3 is 1. The Morgan fingerprint density at radius 3 is 2.33 bits per heavy atom. The average Bonchev–Trinajstić information content (AvgIpc) is 2.69. The van der Waals surface area contributed by atoms with Gasteiger partial charge in [-0.25, -0.2) is 0 Å². The standard InChI is InChI=1S/C22H21ClN2O2/c1-27-21-11-5-17(6-12-21)22(26)25-20-9-7-19(8-10-20)24-14-13-16-3-2-4-18(23)15-16/h2-12,15,24H,13-14H2,1H3,(H,25,26). The molecule has 0 fully saturated rings. The van der Waals surface area contributed by atoms with Gasteiger partial charge in [0.15, 0.2) is 0 Å². The van der Waals surface area contributed by atoms with E-state index in [2.05, 4.69) is 16.7 Å². The number of benzene rings is 3. The van der Waals surface area contributed by atoms with E-state index in [0.29, 0.717) is 5.56 Å². The molecule has 0 bridgehead atoms. The minimum absolute atomic E-state index is 0.153. The topological polar surface area (TPSA) is 50.4 Å². The fourth-order valence-corrected chi connectivity index (χ4v) is 2.87. The fourth-order valence-electron chi connectivity index (χ4n) is 2.66. The maximum Gasteiger partial charge on any atom is 0.255 e. The van der Waals surface area contributed by atoms with E-state index in [1.165, 1.54) is 5.56 Å². The maximum atomic E-state index is 12.3. The molecule has 0 aliphatic heterocycles. The first kappa shape index (κ1) is 18.8. The number of anilines is 2. The molecule has 0 aliphatic carbocycles. The highest BCUT2D eigenvalue weighted by molar-refractivity contribution is 6.30. The van der Waals surface area contributed by atoms with Gasteiger partial charge < -0.3 is 15.4 Å². The molecule has 0 saturated carbocycles. The lowest BCUT2D eigenvalue weighted by Crippen LogP contribution is -2.11. The van der Waals surface area contributed by atoms with E-state index in [1.54, 1.807) is 31.4 Å². The minimum atomic E-state index is -0.153. The van der Waals surface area contributed by atoms with Crippen molar-refractivity contribution in [1.29, 1.82) is 0 Å². The van der Waals surface area contributed by atoms with Crippen LogP contribution in [-0.4, -0.2) is 19.6 Å². The van der Waals surface area contributed by atoms with Crippen LogP contribution in [0.15, 0.2) is 72.8 Å². The van der Waals surface area contributed by atoms with Crippen molar-refractivity contribution in [1.82, 2.24) is 0 Å². The predicted molar refractivity (Wildman–Crippen MR) is 111 cm³/mol. The second-order valence-corrected chi connectivity index (χ2v) is 6.50. The van der Waals surface area contributed by atoms with Crippen LogP contribution in [0.3, 0.4) is 0 Å². The molecule has 5 heteroatoms. The molecule has 3 aromatic carbocycles. The zero-order valence-corrected chi connectivity index (χ0v) is 15.8. The van der Waals surface area contributed by atoms with Crippen LogP contribution in [0.4, 0.5) is 11.4 Å². The normalized spacial score (nSPS) is 10.3. The molecule has 1 amide bonds. The third-order valence-electron chi connectivity index (χ3n) is 4.13. The second-order valence-electron chi connectivity index (χ2n) is 6.07. The molecule has 0 saturated heterocycles. The Balaban J connectivity index is 1.51. The molecule has 0 spiro atoms. The van der Waals surface area contributed by atoms with E-state index >= 15 is 0 Å². The lowest BCUT2D eigenvalue weighted by molar-refractivity contribution is 0.102. The maximum absolute atomic E-state index is 12.3. The molecule has 2 N–H and O–H groups in total. The number of rotatable bonds is 7. The summed E-state index contributed by atoms with van der Waals surface area (Å²) in [4.78, 5) is 12.3. The molecule has 0 heterocycles. The highest BCUT2D eigenvalue weighted by Gasteiger charge is 2.06. The van der Waals surface area contributed by atoms with Gasteiger partial charge in [0.05, 0.1) is 7.11 Å². The van der Waals surface area contributed by atoms with Crippen LogP contribution in [0.2, 0.25) is 5.02 Å². The Hall–Kier alpha value is -2.98. The molecule has 3 aromatic rings. The lowest BCUT2D eigenvalue weighted by atomic mass is 10.1. The van der Waals surface area contributed by atoms with E-state index in [4.69, 9.17) is 16.3 Å². The molecular weight excluding hydrogens is 360 g/mol. The zero-order chi connectivity index (χ0) is 19.1. The SMILES string of the molecule is COc1ccc(C(=O)Nc2ccc(NCCc3cccc(Cl)c3)cc2)cc1. The summed E-state index contributed by atoms with van der Waals surface area (Å²) < 4.78 is 5.10. The van der Waals surface area contributed by atoms with Crippen molar-refractivity contribution in [3.05, 3.63) is 88.9 Å². The Kier molecular flexibility index (Phi) is 6.34. The molecule has 4 nitrogen and oxygen atoms in total. The Morgan fingerprint density at radius 1 is 0.963 bits per heavy atom. The van der Waals surface area contributed by atoms with E-state index in [1.807, 2.05) is 42.5 Å². The molecular formula is C22H21ClN2O2. The minimum Gasteiger partial charge on any atom is -0.497 e. The summed E-state index contributed by atoms with van der Waals surface area (Å²) in [6.07, 6.45) is 0.885. The van der Waals surface area contributed by atoms with Gasteiger partial charge in [0, 0.05) is 28.5 Å². The van der Waals surface area contributed by atoms with Gasteiger partial charge in [-0.05, 0) is 72.6 Å². The van der Waals surface area contributed by atoms with Gasteiger partial charge in [-0.3, -0.25) is 4.79 Å². The van der Waals surface area contributed by atoms with Crippen molar-refractivity contribution < 1.29 is 9.53 Å². The van der Waals surface area contributed by atoms with Crippen LogP contribution < -0.4 is 15.4 Å². The summed E-state index contributed by atoms with van der Waals surface area (Å²) in [5.74, 6) is 0.569. The van der Waals surface area contributed by atoms with Gasteiger partial charge in [-0.15, -0.1) is 0 Å². The van der Waals surface area contributed by atoms with Crippen LogP contribution in [0.1, 0.15) is 15.9 Å². The molecule has 0 unspecified atom stereocenters. The van der Waals surface area contributed by atoms with Gasteiger partial charge >= 0.3 is 0 Å². The highest BCUT2D eigenvalue weighted by atomic mass is 35.5. The smallest absolute Gasteiger partial charge is 0.255 e. The number of carbonyl (C=O) groups is 1. The Bertz CT molecular complexity index is 893. The van der Waals surface area contributed by atoms with Gasteiger partial charge in [-0.1, -0.05) is 23.7 Å². The lowest BCUT2D eigenvalue weighted by Gasteiger charge is -2.09. The first-order chi connectivity index (χ1) is 13.1. The van der Waals surface area contributed by atoms with E-state index in [-0.39, 0.29) is 5.91 Å².